The molecule has 1 aliphatic carbocycles. The van der Waals surface area contributed by atoms with Gasteiger partial charge in [-0.05, 0) is 37.3 Å². The topological polar surface area (TPSA) is 57.6 Å². The summed E-state index contributed by atoms with van der Waals surface area (Å²) in [4.78, 5) is 25.2. The number of nitrogens with zero attached hydrogens (tertiary/aromatic N) is 1. The largest absolute Gasteiger partial charge is 0.481 e. The molecule has 1 heterocycles. The Balaban J connectivity index is 1.68. The summed E-state index contributed by atoms with van der Waals surface area (Å²) in [5.41, 5.74) is -0.541. The van der Waals surface area contributed by atoms with Crippen LogP contribution in [0.25, 0.3) is 0 Å². The van der Waals surface area contributed by atoms with Crippen LogP contribution in [0.2, 0.25) is 0 Å². The van der Waals surface area contributed by atoms with Gasteiger partial charge in [0.1, 0.15) is 11.6 Å². The van der Waals surface area contributed by atoms with Crippen LogP contribution in [0.3, 0.4) is 0 Å². The molecule has 1 amide bonds. The highest BCUT2D eigenvalue weighted by Crippen LogP contribution is 2.50. The maximum atomic E-state index is 13.7. The lowest BCUT2D eigenvalue weighted by atomic mass is 9.90. The standard InChI is InChI=1S/C16H17F2NO3/c1-16(15(21)22)4-5-19(8-16)14(20)12-7-11(12)10-3-2-9(17)6-13(10)18/h2-3,6,11-12H,4-5,7-8H2,1H3,(H,21,22). The molecule has 4 nitrogen and oxygen atoms in total. The highest BCUT2D eigenvalue weighted by atomic mass is 19.1. The maximum Gasteiger partial charge on any atom is 0.311 e. The number of carboxylic acid groups (broad SMARTS) is 1. The van der Waals surface area contributed by atoms with Crippen LogP contribution in [-0.2, 0) is 9.59 Å². The Bertz CT molecular complexity index is 648. The number of carboxylic acids is 1. The Morgan fingerprint density at radius 2 is 2.09 bits per heavy atom. The minimum absolute atomic E-state index is 0.126. The molecule has 3 unspecified atom stereocenters. The average Bonchev–Trinajstić information content (AvgIpc) is 3.12. The number of hydrogen-bond donors (Lipinski definition) is 1. The second kappa shape index (κ2) is 5.04. The minimum atomic E-state index is -0.903. The fourth-order valence-electron chi connectivity index (χ4n) is 3.17. The number of hydrogen-bond acceptors (Lipinski definition) is 2. The molecule has 0 spiro atoms. The van der Waals surface area contributed by atoms with E-state index in [1.165, 1.54) is 12.1 Å². The summed E-state index contributed by atoms with van der Waals surface area (Å²) in [6.45, 7) is 2.24. The van der Waals surface area contributed by atoms with Crippen molar-refractivity contribution in [3.63, 3.8) is 0 Å². The van der Waals surface area contributed by atoms with Gasteiger partial charge in [-0.2, -0.15) is 0 Å². The predicted molar refractivity (Wildman–Crippen MR) is 74.1 cm³/mol. The molecule has 3 rings (SSSR count). The lowest BCUT2D eigenvalue weighted by molar-refractivity contribution is -0.147. The van der Waals surface area contributed by atoms with Gasteiger partial charge in [0.2, 0.25) is 5.91 Å². The van der Waals surface area contributed by atoms with E-state index in [1.54, 1.807) is 11.8 Å². The van der Waals surface area contributed by atoms with Gasteiger partial charge in [-0.1, -0.05) is 6.07 Å². The summed E-state index contributed by atoms with van der Waals surface area (Å²) in [6.07, 6.45) is 0.956. The van der Waals surface area contributed by atoms with Crippen molar-refractivity contribution in [3.05, 3.63) is 35.4 Å². The molecule has 6 heteroatoms. The van der Waals surface area contributed by atoms with E-state index < -0.39 is 23.0 Å². The highest BCUT2D eigenvalue weighted by molar-refractivity contribution is 5.85. The van der Waals surface area contributed by atoms with E-state index in [0.717, 1.165) is 6.07 Å². The van der Waals surface area contributed by atoms with Crippen LogP contribution in [0.15, 0.2) is 18.2 Å². The molecule has 1 aliphatic heterocycles. The van der Waals surface area contributed by atoms with E-state index >= 15 is 0 Å². The molecular weight excluding hydrogens is 292 g/mol. The summed E-state index contributed by atoms with van der Waals surface area (Å²) in [5, 5.41) is 9.20. The first-order chi connectivity index (χ1) is 10.3. The zero-order valence-electron chi connectivity index (χ0n) is 12.2. The Hall–Kier alpha value is -1.98. The normalized spacial score (nSPS) is 30.4. The Kier molecular flexibility index (Phi) is 3.42. The number of rotatable bonds is 3. The van der Waals surface area contributed by atoms with Gasteiger partial charge in [0, 0.05) is 25.1 Å². The van der Waals surface area contributed by atoms with E-state index in [1.807, 2.05) is 0 Å². The smallest absolute Gasteiger partial charge is 0.311 e. The molecular formula is C16H17F2NO3. The molecule has 3 atom stereocenters. The Labute approximate surface area is 126 Å². The molecule has 1 N–H and O–H groups in total. The van der Waals surface area contributed by atoms with Crippen LogP contribution in [0.4, 0.5) is 8.78 Å². The number of halogens is 2. The molecule has 1 aromatic rings. The summed E-state index contributed by atoms with van der Waals surface area (Å²) in [7, 11) is 0. The molecule has 0 aromatic heterocycles. The van der Waals surface area contributed by atoms with Gasteiger partial charge < -0.3 is 10.0 Å². The molecule has 1 saturated heterocycles. The van der Waals surface area contributed by atoms with Gasteiger partial charge in [-0.25, -0.2) is 8.78 Å². The Morgan fingerprint density at radius 3 is 2.68 bits per heavy atom. The second-order valence-electron chi connectivity index (χ2n) is 6.49. The molecule has 2 fully saturated rings. The van der Waals surface area contributed by atoms with Crippen LogP contribution < -0.4 is 0 Å². The lowest BCUT2D eigenvalue weighted by Gasteiger charge is -2.20. The van der Waals surface area contributed by atoms with Crippen LogP contribution in [0.1, 0.15) is 31.2 Å². The predicted octanol–water partition coefficient (Wildman–Crippen LogP) is 2.39. The van der Waals surface area contributed by atoms with E-state index in [0.29, 0.717) is 24.9 Å². The van der Waals surface area contributed by atoms with Crippen molar-refractivity contribution in [2.45, 2.75) is 25.7 Å². The first-order valence-corrected chi connectivity index (χ1v) is 7.29. The van der Waals surface area contributed by atoms with Gasteiger partial charge in [-0.15, -0.1) is 0 Å². The fourth-order valence-corrected chi connectivity index (χ4v) is 3.17. The number of amides is 1. The molecule has 0 radical (unpaired) electrons. The molecule has 1 saturated carbocycles. The van der Waals surface area contributed by atoms with Gasteiger partial charge in [0.25, 0.3) is 0 Å². The van der Waals surface area contributed by atoms with Crippen LogP contribution >= 0.6 is 0 Å². The van der Waals surface area contributed by atoms with Gasteiger partial charge in [0.15, 0.2) is 0 Å². The number of carbonyl (C=O) groups excluding carboxylic acids is 1. The summed E-state index contributed by atoms with van der Waals surface area (Å²) in [6, 6.07) is 3.40. The van der Waals surface area contributed by atoms with E-state index in [-0.39, 0.29) is 24.3 Å². The third kappa shape index (κ3) is 2.46. The third-order valence-electron chi connectivity index (χ3n) is 4.77. The van der Waals surface area contributed by atoms with Crippen molar-refractivity contribution in [2.75, 3.05) is 13.1 Å². The van der Waals surface area contributed by atoms with Crippen molar-refractivity contribution in [1.82, 2.24) is 4.90 Å². The van der Waals surface area contributed by atoms with Crippen LogP contribution in [0, 0.1) is 23.0 Å². The van der Waals surface area contributed by atoms with Gasteiger partial charge >= 0.3 is 5.97 Å². The average molecular weight is 309 g/mol. The molecule has 118 valence electrons. The quantitative estimate of drug-likeness (QED) is 0.932. The van der Waals surface area contributed by atoms with E-state index in [4.69, 9.17) is 0 Å². The van der Waals surface area contributed by atoms with Crippen molar-refractivity contribution < 1.29 is 23.5 Å². The zero-order valence-corrected chi connectivity index (χ0v) is 12.2. The minimum Gasteiger partial charge on any atom is -0.481 e. The van der Waals surface area contributed by atoms with Gasteiger partial charge in [-0.3, -0.25) is 9.59 Å². The zero-order chi connectivity index (χ0) is 16.1. The van der Waals surface area contributed by atoms with Crippen molar-refractivity contribution in [2.24, 2.45) is 11.3 Å². The van der Waals surface area contributed by atoms with Crippen LogP contribution in [-0.4, -0.2) is 35.0 Å². The number of aliphatic carboxylic acids is 1. The Morgan fingerprint density at radius 1 is 1.36 bits per heavy atom. The summed E-state index contributed by atoms with van der Waals surface area (Å²) >= 11 is 0. The maximum absolute atomic E-state index is 13.7. The summed E-state index contributed by atoms with van der Waals surface area (Å²) in [5.74, 6) is -2.85. The monoisotopic (exact) mass is 309 g/mol. The van der Waals surface area contributed by atoms with Crippen molar-refractivity contribution >= 4 is 11.9 Å². The molecule has 0 bridgehead atoms. The first kappa shape index (κ1) is 14.9. The lowest BCUT2D eigenvalue weighted by Crippen LogP contribution is -2.35. The fraction of sp³-hybridized carbons (Fsp3) is 0.500. The van der Waals surface area contributed by atoms with Crippen molar-refractivity contribution in [3.8, 4) is 0 Å². The number of carbonyl (C=O) groups is 2. The third-order valence-corrected chi connectivity index (χ3v) is 4.77. The molecule has 22 heavy (non-hydrogen) atoms. The number of likely N-dealkylation sites (tertiary alicyclic amines) is 1. The molecule has 1 aromatic carbocycles. The first-order valence-electron chi connectivity index (χ1n) is 7.29. The van der Waals surface area contributed by atoms with Crippen molar-refractivity contribution in [1.29, 1.82) is 0 Å². The summed E-state index contributed by atoms with van der Waals surface area (Å²) < 4.78 is 26.7. The second-order valence-corrected chi connectivity index (χ2v) is 6.49. The number of benzene rings is 1. The molecule has 2 aliphatic rings. The van der Waals surface area contributed by atoms with Crippen LogP contribution in [0.5, 0.6) is 0 Å². The van der Waals surface area contributed by atoms with E-state index in [9.17, 15) is 23.5 Å². The SMILES string of the molecule is CC1(C(=O)O)CCN(C(=O)C2CC2c2ccc(F)cc2F)C1. The highest BCUT2D eigenvalue weighted by Gasteiger charge is 2.50. The van der Waals surface area contributed by atoms with E-state index in [2.05, 4.69) is 0 Å². The van der Waals surface area contributed by atoms with Gasteiger partial charge in [0.05, 0.1) is 5.41 Å².